The normalized spacial score (nSPS) is 27.6. The maximum Gasteiger partial charge on any atom is 0.452 e. The first-order chi connectivity index (χ1) is 3.79. The highest BCUT2D eigenvalue weighted by Gasteiger charge is 2.07. The molecular weight excluding hydrogens is 108 g/mol. The van der Waals surface area contributed by atoms with E-state index in [0.29, 0.717) is 0 Å². The summed E-state index contributed by atoms with van der Waals surface area (Å²) in [6.45, 7) is 1.83. The third-order valence-electron chi connectivity index (χ3n) is 0.736. The Labute approximate surface area is 46.5 Å². The van der Waals surface area contributed by atoms with Crippen molar-refractivity contribution in [2.45, 2.75) is 13.0 Å². The Hall–Kier alpha value is -0.900. The van der Waals surface area contributed by atoms with Crippen molar-refractivity contribution in [2.24, 2.45) is 4.99 Å². The molecule has 1 heterocycles. The van der Waals surface area contributed by atoms with Crippen LogP contribution in [0.2, 0.25) is 0 Å². The van der Waals surface area contributed by atoms with Gasteiger partial charge in [-0.25, -0.2) is 4.79 Å². The molecule has 4 nitrogen and oxygen atoms in total. The predicted octanol–water partition coefficient (Wildman–Crippen LogP) is 0.101. The van der Waals surface area contributed by atoms with Gasteiger partial charge < -0.3 is 4.84 Å². The first kappa shape index (κ1) is 5.24. The number of amides is 1. The van der Waals surface area contributed by atoms with Gasteiger partial charge in [0.15, 0.2) is 0 Å². The lowest BCUT2D eigenvalue weighted by atomic mass is 10.4. The molecule has 1 amide bonds. The van der Waals surface area contributed by atoms with Gasteiger partial charge in [0.2, 0.25) is 0 Å². The van der Waals surface area contributed by atoms with E-state index in [1.807, 2.05) is 6.92 Å². The molecule has 1 N–H and O–H groups in total. The second-order valence-corrected chi connectivity index (χ2v) is 1.55. The van der Waals surface area contributed by atoms with E-state index < -0.39 is 6.09 Å². The summed E-state index contributed by atoms with van der Waals surface area (Å²) in [4.78, 5) is 17.8. The van der Waals surface area contributed by atoms with E-state index in [-0.39, 0.29) is 6.04 Å². The molecular formula is C4H6N2O2. The second-order valence-electron chi connectivity index (χ2n) is 1.55. The number of carbonyl (C=O) groups is 1. The highest BCUT2D eigenvalue weighted by Crippen LogP contribution is 1.88. The molecule has 0 aromatic heterocycles. The van der Waals surface area contributed by atoms with Crippen molar-refractivity contribution in [2.75, 3.05) is 0 Å². The standard InChI is InChI=1S/C4H6N2O2/c1-3-2-5-4(7)8-6-3/h2-3,6H,1H3. The van der Waals surface area contributed by atoms with Gasteiger partial charge in [-0.2, -0.15) is 4.99 Å². The number of carbonyl (C=O) groups excluding carboxylic acids is 1. The van der Waals surface area contributed by atoms with Gasteiger partial charge in [0, 0.05) is 6.21 Å². The largest absolute Gasteiger partial charge is 0.452 e. The van der Waals surface area contributed by atoms with Crippen molar-refractivity contribution >= 4 is 12.3 Å². The third kappa shape index (κ3) is 1.04. The molecule has 1 rings (SSSR count). The molecule has 0 saturated heterocycles. The van der Waals surface area contributed by atoms with Gasteiger partial charge >= 0.3 is 6.09 Å². The monoisotopic (exact) mass is 114 g/mol. The zero-order chi connectivity index (χ0) is 5.98. The van der Waals surface area contributed by atoms with Crippen LogP contribution in [-0.4, -0.2) is 18.3 Å². The molecule has 0 saturated carbocycles. The zero-order valence-electron chi connectivity index (χ0n) is 4.42. The van der Waals surface area contributed by atoms with Crippen LogP contribution in [0.3, 0.4) is 0 Å². The molecule has 0 bridgehead atoms. The molecule has 44 valence electrons. The molecule has 0 spiro atoms. The smallest absolute Gasteiger partial charge is 0.352 e. The molecule has 0 fully saturated rings. The van der Waals surface area contributed by atoms with E-state index >= 15 is 0 Å². The number of hydroxylamine groups is 1. The summed E-state index contributed by atoms with van der Waals surface area (Å²) in [7, 11) is 0. The van der Waals surface area contributed by atoms with Crippen molar-refractivity contribution < 1.29 is 9.63 Å². The Morgan fingerprint density at radius 3 is 3.12 bits per heavy atom. The average molecular weight is 114 g/mol. The number of nitrogens with zero attached hydrogens (tertiary/aromatic N) is 1. The highest BCUT2D eigenvalue weighted by atomic mass is 16.7. The van der Waals surface area contributed by atoms with Crippen LogP contribution in [0.4, 0.5) is 4.79 Å². The molecule has 1 aliphatic heterocycles. The van der Waals surface area contributed by atoms with Crippen LogP contribution in [0.1, 0.15) is 6.92 Å². The fourth-order valence-electron chi connectivity index (χ4n) is 0.373. The highest BCUT2D eigenvalue weighted by molar-refractivity contribution is 5.82. The quantitative estimate of drug-likeness (QED) is 0.486. The van der Waals surface area contributed by atoms with E-state index in [1.165, 1.54) is 6.21 Å². The van der Waals surface area contributed by atoms with Crippen molar-refractivity contribution in [3.05, 3.63) is 0 Å². The Kier molecular flexibility index (Phi) is 1.26. The fourth-order valence-corrected chi connectivity index (χ4v) is 0.373. The number of nitrogens with one attached hydrogen (secondary N) is 1. The van der Waals surface area contributed by atoms with E-state index in [1.54, 1.807) is 0 Å². The topological polar surface area (TPSA) is 50.7 Å². The minimum atomic E-state index is -0.580. The number of aliphatic imine (C=N–C) groups is 1. The Balaban J connectivity index is 2.55. The van der Waals surface area contributed by atoms with Gasteiger partial charge in [-0.05, 0) is 6.92 Å². The van der Waals surface area contributed by atoms with Gasteiger partial charge in [-0.15, -0.1) is 5.48 Å². The molecule has 1 aliphatic rings. The van der Waals surface area contributed by atoms with Crippen LogP contribution < -0.4 is 5.48 Å². The van der Waals surface area contributed by atoms with E-state index in [9.17, 15) is 4.79 Å². The van der Waals surface area contributed by atoms with Gasteiger partial charge in [0.25, 0.3) is 0 Å². The van der Waals surface area contributed by atoms with Gasteiger partial charge in [-0.1, -0.05) is 0 Å². The number of rotatable bonds is 0. The molecule has 4 heteroatoms. The maximum absolute atomic E-state index is 10.1. The van der Waals surface area contributed by atoms with Crippen LogP contribution in [0, 0.1) is 0 Å². The molecule has 0 aliphatic carbocycles. The van der Waals surface area contributed by atoms with Crippen LogP contribution in [0.15, 0.2) is 4.99 Å². The molecule has 1 atom stereocenters. The molecule has 1 unspecified atom stereocenters. The van der Waals surface area contributed by atoms with E-state index in [2.05, 4.69) is 15.3 Å². The van der Waals surface area contributed by atoms with Crippen LogP contribution >= 0.6 is 0 Å². The van der Waals surface area contributed by atoms with Gasteiger partial charge in [-0.3, -0.25) is 0 Å². The molecule has 0 radical (unpaired) electrons. The summed E-state index contributed by atoms with van der Waals surface area (Å²) < 4.78 is 0. The van der Waals surface area contributed by atoms with Crippen LogP contribution in [0.25, 0.3) is 0 Å². The van der Waals surface area contributed by atoms with E-state index in [0.717, 1.165) is 0 Å². The molecule has 8 heavy (non-hydrogen) atoms. The average Bonchev–Trinajstić information content (AvgIpc) is 1.77. The van der Waals surface area contributed by atoms with Crippen LogP contribution in [-0.2, 0) is 4.84 Å². The van der Waals surface area contributed by atoms with Gasteiger partial charge in [0.05, 0.1) is 6.04 Å². The van der Waals surface area contributed by atoms with Crippen LogP contribution in [0.5, 0.6) is 0 Å². The minimum Gasteiger partial charge on any atom is -0.352 e. The lowest BCUT2D eigenvalue weighted by Gasteiger charge is -2.10. The van der Waals surface area contributed by atoms with E-state index in [4.69, 9.17) is 0 Å². The Morgan fingerprint density at radius 1 is 2.00 bits per heavy atom. The summed E-state index contributed by atoms with van der Waals surface area (Å²) in [6, 6.07) is 0.0349. The lowest BCUT2D eigenvalue weighted by Crippen LogP contribution is -2.33. The van der Waals surface area contributed by atoms with Crippen molar-refractivity contribution in [1.82, 2.24) is 5.48 Å². The summed E-state index contributed by atoms with van der Waals surface area (Å²) in [5.74, 6) is 0. The minimum absolute atomic E-state index is 0.0349. The van der Waals surface area contributed by atoms with Crippen molar-refractivity contribution in [1.29, 1.82) is 0 Å². The first-order valence-corrected chi connectivity index (χ1v) is 2.29. The number of hydrogen-bond acceptors (Lipinski definition) is 3. The Morgan fingerprint density at radius 2 is 2.75 bits per heavy atom. The summed E-state index contributed by atoms with van der Waals surface area (Å²) in [5.41, 5.74) is 2.43. The fraction of sp³-hybridized carbons (Fsp3) is 0.500. The van der Waals surface area contributed by atoms with Crippen molar-refractivity contribution in [3.8, 4) is 0 Å². The zero-order valence-corrected chi connectivity index (χ0v) is 4.42. The summed E-state index contributed by atoms with van der Waals surface area (Å²) in [5, 5.41) is 0. The summed E-state index contributed by atoms with van der Waals surface area (Å²) >= 11 is 0. The van der Waals surface area contributed by atoms with Gasteiger partial charge in [0.1, 0.15) is 0 Å². The maximum atomic E-state index is 10.1. The van der Waals surface area contributed by atoms with Crippen molar-refractivity contribution in [3.63, 3.8) is 0 Å². The predicted molar refractivity (Wildman–Crippen MR) is 27.6 cm³/mol. The number of hydrogen-bond donors (Lipinski definition) is 1. The summed E-state index contributed by atoms with van der Waals surface area (Å²) in [6.07, 6.45) is 0.911. The first-order valence-electron chi connectivity index (χ1n) is 2.29. The second kappa shape index (κ2) is 1.92. The SMILES string of the molecule is CC1C=NC(=O)ON1. The lowest BCUT2D eigenvalue weighted by molar-refractivity contribution is 0.0878. The molecule has 0 aromatic rings. The molecule has 0 aromatic carbocycles. The third-order valence-corrected chi connectivity index (χ3v) is 0.736. The Bertz CT molecular complexity index is 132.